The molecule has 10 nitrogen and oxygen atoms in total. The van der Waals surface area contributed by atoms with Crippen LogP contribution in [0.15, 0.2) is 71.7 Å². The van der Waals surface area contributed by atoms with Gasteiger partial charge in [0.25, 0.3) is 5.91 Å². The number of nitrogens with one attached hydrogen (secondary N) is 2. The third-order valence-corrected chi connectivity index (χ3v) is 6.42. The van der Waals surface area contributed by atoms with Crippen LogP contribution in [0.4, 0.5) is 11.4 Å². The number of aryl methyl sites for hydroxylation is 2. The Labute approximate surface area is 229 Å². The number of aromatic amines is 1. The van der Waals surface area contributed by atoms with Crippen LogP contribution in [0, 0.1) is 6.92 Å². The van der Waals surface area contributed by atoms with E-state index in [0.717, 1.165) is 5.69 Å². The van der Waals surface area contributed by atoms with Crippen LogP contribution in [0.5, 0.6) is 17.4 Å². The summed E-state index contributed by atoms with van der Waals surface area (Å²) in [5, 5.41) is 28.2. The van der Waals surface area contributed by atoms with Crippen molar-refractivity contribution >= 4 is 40.2 Å². The number of carbonyl (C=O) groups excluding carboxylic acids is 2. The maximum atomic E-state index is 13.3. The number of anilines is 1. The number of aliphatic imine (C=N–C) groups is 1. The Morgan fingerprint density at radius 2 is 1.80 bits per heavy atom. The van der Waals surface area contributed by atoms with Gasteiger partial charge in [0, 0.05) is 46.5 Å². The number of amides is 1. The number of aromatic hydroxyl groups is 2. The van der Waals surface area contributed by atoms with Crippen molar-refractivity contribution in [2.75, 3.05) is 12.4 Å². The van der Waals surface area contributed by atoms with E-state index in [-0.39, 0.29) is 23.3 Å². The molecule has 10 heteroatoms. The molecule has 0 aliphatic carbocycles. The second-order valence-corrected chi connectivity index (χ2v) is 9.11. The first-order chi connectivity index (χ1) is 19.3. The number of phenolic OH excluding ortho intramolecular Hbond substituents is 1. The zero-order valence-electron chi connectivity index (χ0n) is 22.1. The molecule has 0 bridgehead atoms. The Morgan fingerprint density at radius 1 is 1.05 bits per heavy atom. The number of rotatable bonds is 8. The first kappa shape index (κ1) is 26.2. The summed E-state index contributed by atoms with van der Waals surface area (Å²) in [6.07, 6.45) is 1.47. The summed E-state index contributed by atoms with van der Waals surface area (Å²) < 4.78 is 6.69. The molecule has 5 rings (SSSR count). The number of hydrogen-bond acceptors (Lipinski definition) is 7. The number of H-pyrrole nitrogens is 1. The minimum atomic E-state index is -0.279. The smallest absolute Gasteiger partial charge is 0.273 e. The van der Waals surface area contributed by atoms with Crippen molar-refractivity contribution in [2.24, 2.45) is 4.99 Å². The number of benzene rings is 3. The van der Waals surface area contributed by atoms with Gasteiger partial charge in [0.15, 0.2) is 23.2 Å². The minimum absolute atomic E-state index is 0.0542. The molecule has 202 valence electrons. The third kappa shape index (κ3) is 5.14. The van der Waals surface area contributed by atoms with Crippen molar-refractivity contribution in [1.29, 1.82) is 0 Å². The summed E-state index contributed by atoms with van der Waals surface area (Å²) in [6.45, 7) is 4.32. The summed E-state index contributed by atoms with van der Waals surface area (Å²) in [6, 6.07) is 18.2. The van der Waals surface area contributed by atoms with Crippen molar-refractivity contribution in [3.63, 3.8) is 0 Å². The molecule has 0 atom stereocenters. The van der Waals surface area contributed by atoms with Crippen LogP contribution < -0.4 is 10.1 Å². The van der Waals surface area contributed by atoms with Crippen LogP contribution in [0.25, 0.3) is 10.9 Å². The van der Waals surface area contributed by atoms with Gasteiger partial charge in [0.05, 0.1) is 24.1 Å². The number of nitrogens with zero attached hydrogens (tertiary/aromatic N) is 3. The van der Waals surface area contributed by atoms with Crippen LogP contribution in [-0.4, -0.2) is 50.0 Å². The normalized spacial score (nSPS) is 11.3. The van der Waals surface area contributed by atoms with Gasteiger partial charge in [-0.05, 0) is 74.5 Å². The topological polar surface area (TPSA) is 142 Å². The Hall–Kier alpha value is -5.38. The van der Waals surface area contributed by atoms with E-state index in [9.17, 15) is 19.8 Å². The first-order valence-corrected chi connectivity index (χ1v) is 12.5. The van der Waals surface area contributed by atoms with E-state index in [1.165, 1.54) is 19.4 Å². The van der Waals surface area contributed by atoms with Crippen LogP contribution in [0.3, 0.4) is 0 Å². The lowest BCUT2D eigenvalue weighted by Crippen LogP contribution is -2.17. The summed E-state index contributed by atoms with van der Waals surface area (Å²) in [5.41, 5.74) is 4.13. The van der Waals surface area contributed by atoms with Gasteiger partial charge in [-0.2, -0.15) is 5.10 Å². The quantitative estimate of drug-likeness (QED) is 0.155. The second kappa shape index (κ2) is 10.8. The number of hydrogen-bond donors (Lipinski definition) is 4. The molecule has 0 spiro atoms. The average Bonchev–Trinajstić information content (AvgIpc) is 3.49. The lowest BCUT2D eigenvalue weighted by molar-refractivity contribution is 0.101. The van der Waals surface area contributed by atoms with Gasteiger partial charge in [-0.3, -0.25) is 19.3 Å². The summed E-state index contributed by atoms with van der Waals surface area (Å²) in [5.74, 6) is -0.324. The molecular weight excluding hydrogens is 510 g/mol. The highest BCUT2D eigenvalue weighted by Crippen LogP contribution is 2.31. The van der Waals surface area contributed by atoms with Crippen molar-refractivity contribution in [1.82, 2.24) is 14.8 Å². The number of fused-ring (bicyclic) bond motifs is 1. The molecule has 40 heavy (non-hydrogen) atoms. The fraction of sp³-hybridized carbons (Fsp3) is 0.133. The molecule has 0 saturated carbocycles. The highest BCUT2D eigenvalue weighted by atomic mass is 16.5. The average molecular weight is 538 g/mol. The van der Waals surface area contributed by atoms with Crippen molar-refractivity contribution in [3.8, 4) is 17.4 Å². The molecule has 3 aromatic carbocycles. The number of aromatic nitrogens is 3. The van der Waals surface area contributed by atoms with E-state index in [0.29, 0.717) is 57.0 Å². The molecule has 0 aliphatic rings. The number of ketones is 1. The monoisotopic (exact) mass is 537 g/mol. The first-order valence-electron chi connectivity index (χ1n) is 12.5. The van der Waals surface area contributed by atoms with E-state index in [1.807, 2.05) is 13.8 Å². The fourth-order valence-corrected chi connectivity index (χ4v) is 4.40. The molecule has 5 aromatic rings. The Balaban J connectivity index is 1.36. The number of carbonyl (C=O) groups is 2. The molecular formula is C30H27N5O5. The molecule has 1 amide bonds. The molecule has 0 aliphatic heterocycles. The molecule has 2 aromatic heterocycles. The van der Waals surface area contributed by atoms with Gasteiger partial charge in [-0.15, -0.1) is 0 Å². The molecule has 0 fully saturated rings. The molecule has 4 N–H and O–H groups in total. The van der Waals surface area contributed by atoms with Crippen LogP contribution in [0.1, 0.15) is 44.6 Å². The highest BCUT2D eigenvalue weighted by molar-refractivity contribution is 6.12. The van der Waals surface area contributed by atoms with E-state index in [1.54, 1.807) is 65.3 Å². The second-order valence-electron chi connectivity index (χ2n) is 9.11. The van der Waals surface area contributed by atoms with Crippen LogP contribution >= 0.6 is 0 Å². The molecule has 0 unspecified atom stereocenters. The van der Waals surface area contributed by atoms with Gasteiger partial charge in [-0.1, -0.05) is 0 Å². The molecule has 0 saturated heterocycles. The zero-order valence-corrected chi connectivity index (χ0v) is 22.1. The van der Waals surface area contributed by atoms with Crippen molar-refractivity contribution in [3.05, 3.63) is 94.8 Å². The zero-order chi connectivity index (χ0) is 28.4. The largest absolute Gasteiger partial charge is 0.504 e. The maximum absolute atomic E-state index is 13.3. The fourth-order valence-electron chi connectivity index (χ4n) is 4.40. The van der Waals surface area contributed by atoms with Gasteiger partial charge < -0.3 is 25.3 Å². The number of phenols is 1. The summed E-state index contributed by atoms with van der Waals surface area (Å²) >= 11 is 0. The van der Waals surface area contributed by atoms with E-state index in [2.05, 4.69) is 20.4 Å². The predicted octanol–water partition coefficient (Wildman–Crippen LogP) is 5.35. The summed E-state index contributed by atoms with van der Waals surface area (Å²) in [4.78, 5) is 33.2. The standard InChI is InChI=1S/C30H27N5O5/c1-4-35-25(13-17(2)34-35)30(39)32-20-8-5-18(6-9-20)28(37)19-7-11-24-22(14-19)23(29(38)33-24)16-31-21-10-12-27(40-3)26(36)15-21/h5-16,33,36,38H,4H2,1-3H3,(H,32,39). The van der Waals surface area contributed by atoms with Crippen molar-refractivity contribution in [2.45, 2.75) is 20.4 Å². The minimum Gasteiger partial charge on any atom is -0.504 e. The van der Waals surface area contributed by atoms with E-state index < -0.39 is 0 Å². The molecule has 0 radical (unpaired) electrons. The van der Waals surface area contributed by atoms with Gasteiger partial charge in [-0.25, -0.2) is 0 Å². The lowest BCUT2D eigenvalue weighted by Gasteiger charge is -2.08. The number of ether oxygens (including phenoxy) is 1. The van der Waals surface area contributed by atoms with Gasteiger partial charge >= 0.3 is 0 Å². The third-order valence-electron chi connectivity index (χ3n) is 6.42. The highest BCUT2D eigenvalue weighted by Gasteiger charge is 2.16. The SMILES string of the molecule is CCn1nc(C)cc1C(=O)Nc1ccc(C(=O)c2ccc3[nH]c(O)c(C=Nc4ccc(OC)c(O)c4)c3c2)cc1. The van der Waals surface area contributed by atoms with Gasteiger partial charge in [0.2, 0.25) is 0 Å². The number of methoxy groups -OCH3 is 1. The Morgan fingerprint density at radius 3 is 2.50 bits per heavy atom. The van der Waals surface area contributed by atoms with E-state index >= 15 is 0 Å². The van der Waals surface area contributed by atoms with Gasteiger partial charge in [0.1, 0.15) is 5.69 Å². The summed E-state index contributed by atoms with van der Waals surface area (Å²) in [7, 11) is 1.46. The van der Waals surface area contributed by atoms with E-state index in [4.69, 9.17) is 4.74 Å². The molecule has 2 heterocycles. The predicted molar refractivity (Wildman–Crippen MR) is 152 cm³/mol. The lowest BCUT2D eigenvalue weighted by atomic mass is 10.0. The Kier molecular flexibility index (Phi) is 7.07. The van der Waals surface area contributed by atoms with Crippen LogP contribution in [0.2, 0.25) is 0 Å². The van der Waals surface area contributed by atoms with Crippen LogP contribution in [-0.2, 0) is 6.54 Å². The maximum Gasteiger partial charge on any atom is 0.273 e. The van der Waals surface area contributed by atoms with Crippen molar-refractivity contribution < 1.29 is 24.5 Å². The Bertz CT molecular complexity index is 1770.